The molecule has 4 aromatic rings. The Morgan fingerprint density at radius 2 is 2.07 bits per heavy atom. The molecule has 0 spiro atoms. The fourth-order valence-corrected chi connectivity index (χ4v) is 2.75. The van der Waals surface area contributed by atoms with Gasteiger partial charge < -0.3 is 9.84 Å². The molecule has 0 saturated carbocycles. The average molecular weight is 395 g/mol. The maximum atomic E-state index is 12.1. The number of amides is 1. The highest BCUT2D eigenvalue weighted by atomic mass is 35.5. The quantitative estimate of drug-likeness (QED) is 0.522. The molecular formula is C19H15ClN6O2. The first-order valence-corrected chi connectivity index (χ1v) is 8.83. The van der Waals surface area contributed by atoms with E-state index < -0.39 is 0 Å². The van der Waals surface area contributed by atoms with Gasteiger partial charge >= 0.3 is 0 Å². The smallest absolute Gasteiger partial charge is 0.261 e. The Kier molecular flexibility index (Phi) is 4.86. The Balaban J connectivity index is 1.48. The number of halogens is 1. The summed E-state index contributed by atoms with van der Waals surface area (Å²) in [7, 11) is 0. The maximum absolute atomic E-state index is 12.1. The minimum absolute atomic E-state index is 0.220. The van der Waals surface area contributed by atoms with Crippen molar-refractivity contribution in [2.45, 2.75) is 13.5 Å². The molecule has 1 aromatic carbocycles. The molecule has 0 fully saturated rings. The van der Waals surface area contributed by atoms with E-state index in [9.17, 15) is 4.79 Å². The molecule has 0 aliphatic rings. The molecule has 1 amide bonds. The molecule has 9 heteroatoms. The van der Waals surface area contributed by atoms with Crippen molar-refractivity contribution in [1.29, 1.82) is 0 Å². The van der Waals surface area contributed by atoms with Crippen LogP contribution in [0, 0.1) is 6.92 Å². The summed E-state index contributed by atoms with van der Waals surface area (Å²) in [5.41, 5.74) is 2.13. The van der Waals surface area contributed by atoms with Gasteiger partial charge in [-0.15, -0.1) is 10.2 Å². The van der Waals surface area contributed by atoms with Crippen molar-refractivity contribution >= 4 is 29.2 Å². The maximum Gasteiger partial charge on any atom is 0.261 e. The lowest BCUT2D eigenvalue weighted by Crippen LogP contribution is -2.21. The van der Waals surface area contributed by atoms with Crippen molar-refractivity contribution in [1.82, 2.24) is 30.1 Å². The van der Waals surface area contributed by atoms with E-state index in [1.807, 2.05) is 30.5 Å². The Labute approximate surface area is 164 Å². The molecule has 0 saturated heterocycles. The van der Waals surface area contributed by atoms with Gasteiger partial charge in [0.2, 0.25) is 5.91 Å². The van der Waals surface area contributed by atoms with Crippen LogP contribution in [0.25, 0.3) is 23.2 Å². The zero-order valence-corrected chi connectivity index (χ0v) is 15.6. The largest absolute Gasteiger partial charge is 0.345 e. The van der Waals surface area contributed by atoms with Gasteiger partial charge in [0.1, 0.15) is 0 Å². The summed E-state index contributed by atoms with van der Waals surface area (Å²) < 4.78 is 6.99. The number of pyridine rings is 1. The Morgan fingerprint density at radius 1 is 1.25 bits per heavy atom. The van der Waals surface area contributed by atoms with Crippen LogP contribution in [0.5, 0.6) is 0 Å². The van der Waals surface area contributed by atoms with Gasteiger partial charge in [-0.1, -0.05) is 28.9 Å². The molecule has 0 aliphatic carbocycles. The van der Waals surface area contributed by atoms with E-state index in [0.29, 0.717) is 33.8 Å². The number of hydrogen-bond donors (Lipinski definition) is 1. The molecule has 28 heavy (non-hydrogen) atoms. The van der Waals surface area contributed by atoms with Crippen LogP contribution in [-0.4, -0.2) is 30.6 Å². The minimum atomic E-state index is -0.240. The predicted octanol–water partition coefficient (Wildman–Crippen LogP) is 3.07. The fraction of sp³-hybridized carbons (Fsp3) is 0.105. The fourth-order valence-electron chi connectivity index (χ4n) is 2.63. The molecule has 0 unspecified atom stereocenters. The highest BCUT2D eigenvalue weighted by molar-refractivity contribution is 6.30. The summed E-state index contributed by atoms with van der Waals surface area (Å²) in [5.74, 6) is 1.25. The lowest BCUT2D eigenvalue weighted by atomic mass is 10.2. The molecule has 1 N–H and O–H groups in total. The highest BCUT2D eigenvalue weighted by Crippen LogP contribution is 2.22. The molecule has 0 bridgehead atoms. The van der Waals surface area contributed by atoms with Crippen molar-refractivity contribution in [2.24, 2.45) is 0 Å². The number of hydrogen-bond acceptors (Lipinski definition) is 6. The molecule has 8 nitrogen and oxygen atoms in total. The van der Waals surface area contributed by atoms with E-state index in [-0.39, 0.29) is 12.5 Å². The van der Waals surface area contributed by atoms with Gasteiger partial charge in [-0.3, -0.25) is 9.20 Å². The zero-order chi connectivity index (χ0) is 19.5. The van der Waals surface area contributed by atoms with E-state index in [4.69, 9.17) is 16.1 Å². The van der Waals surface area contributed by atoms with Crippen LogP contribution in [0.3, 0.4) is 0 Å². The van der Waals surface area contributed by atoms with Crippen molar-refractivity contribution in [3.8, 4) is 11.5 Å². The van der Waals surface area contributed by atoms with Crippen LogP contribution in [0.15, 0.2) is 53.2 Å². The second-order valence-electron chi connectivity index (χ2n) is 5.98. The van der Waals surface area contributed by atoms with Crippen LogP contribution >= 0.6 is 11.6 Å². The van der Waals surface area contributed by atoms with Crippen molar-refractivity contribution in [3.63, 3.8) is 0 Å². The van der Waals surface area contributed by atoms with Gasteiger partial charge in [-0.05, 0) is 42.8 Å². The number of rotatable bonds is 5. The van der Waals surface area contributed by atoms with E-state index in [1.165, 1.54) is 6.08 Å². The van der Waals surface area contributed by atoms with Gasteiger partial charge in [-0.25, -0.2) is 0 Å². The lowest BCUT2D eigenvalue weighted by molar-refractivity contribution is -0.116. The van der Waals surface area contributed by atoms with Crippen LogP contribution in [0.2, 0.25) is 5.02 Å². The number of nitrogens with zero attached hydrogens (tertiary/aromatic N) is 5. The lowest BCUT2D eigenvalue weighted by Gasteiger charge is -2.02. The first kappa shape index (κ1) is 17.9. The zero-order valence-electron chi connectivity index (χ0n) is 14.8. The minimum Gasteiger partial charge on any atom is -0.345 e. The van der Waals surface area contributed by atoms with Crippen LogP contribution < -0.4 is 5.32 Å². The topological polar surface area (TPSA) is 98.2 Å². The van der Waals surface area contributed by atoms with Gasteiger partial charge in [-0.2, -0.15) is 4.98 Å². The first-order valence-electron chi connectivity index (χ1n) is 8.45. The first-order chi connectivity index (χ1) is 13.6. The van der Waals surface area contributed by atoms with Gasteiger partial charge in [0.25, 0.3) is 5.89 Å². The van der Waals surface area contributed by atoms with Crippen LogP contribution in [0.1, 0.15) is 17.2 Å². The summed E-state index contributed by atoms with van der Waals surface area (Å²) in [6.07, 6.45) is 4.98. The van der Waals surface area contributed by atoms with Gasteiger partial charge in [0, 0.05) is 17.3 Å². The third kappa shape index (κ3) is 3.77. The van der Waals surface area contributed by atoms with E-state index in [1.54, 1.807) is 29.5 Å². The van der Waals surface area contributed by atoms with E-state index in [2.05, 4.69) is 25.7 Å². The van der Waals surface area contributed by atoms with Gasteiger partial charge in [0.05, 0.1) is 12.1 Å². The number of aryl methyl sites for hydroxylation is 1. The number of aromatic nitrogens is 5. The summed E-state index contributed by atoms with van der Waals surface area (Å²) in [5, 5.41) is 15.6. The highest BCUT2D eigenvalue weighted by Gasteiger charge is 2.15. The third-order valence-electron chi connectivity index (χ3n) is 3.98. The van der Waals surface area contributed by atoms with Crippen molar-refractivity contribution in [2.75, 3.05) is 0 Å². The number of carbonyl (C=O) groups is 1. The van der Waals surface area contributed by atoms with Crippen molar-refractivity contribution < 1.29 is 9.32 Å². The third-order valence-corrected chi connectivity index (χ3v) is 4.23. The van der Waals surface area contributed by atoms with Gasteiger partial charge in [0.15, 0.2) is 17.3 Å². The number of benzene rings is 1. The summed E-state index contributed by atoms with van der Waals surface area (Å²) >= 11 is 5.85. The Hall–Kier alpha value is -3.52. The average Bonchev–Trinajstić information content (AvgIpc) is 3.32. The molecular weight excluding hydrogens is 380 g/mol. The summed E-state index contributed by atoms with van der Waals surface area (Å²) in [4.78, 5) is 16.3. The summed E-state index contributed by atoms with van der Waals surface area (Å²) in [6.45, 7) is 1.97. The number of fused-ring (bicyclic) bond motifs is 1. The molecule has 0 atom stereocenters. The Bertz CT molecular complexity index is 1160. The molecule has 3 heterocycles. The molecule has 3 aromatic heterocycles. The van der Waals surface area contributed by atoms with Crippen LogP contribution in [-0.2, 0) is 11.3 Å². The number of carbonyl (C=O) groups excluding carboxylic acids is 1. The molecule has 0 aliphatic heterocycles. The standard InChI is InChI=1S/C19H15ClN6O2/c1-12-22-19(28-25-12)15-3-2-10-26-16(23-24-18(15)26)11-21-17(27)9-6-13-4-7-14(20)8-5-13/h2-10H,11H2,1H3,(H,21,27)/b9-6+. The van der Waals surface area contributed by atoms with Crippen molar-refractivity contribution in [3.05, 3.63) is 70.9 Å². The van der Waals surface area contributed by atoms with E-state index in [0.717, 1.165) is 5.56 Å². The second-order valence-corrected chi connectivity index (χ2v) is 6.42. The van der Waals surface area contributed by atoms with E-state index >= 15 is 0 Å². The summed E-state index contributed by atoms with van der Waals surface area (Å²) in [6, 6.07) is 10.9. The molecule has 0 radical (unpaired) electrons. The van der Waals surface area contributed by atoms with Crippen LogP contribution in [0.4, 0.5) is 0 Å². The molecule has 140 valence electrons. The Morgan fingerprint density at radius 3 is 2.82 bits per heavy atom. The molecule has 4 rings (SSSR count). The SMILES string of the molecule is Cc1noc(-c2cccn3c(CNC(=O)/C=C/c4ccc(Cl)cc4)nnc23)n1. The monoisotopic (exact) mass is 394 g/mol. The predicted molar refractivity (Wildman–Crippen MR) is 103 cm³/mol. The normalized spacial score (nSPS) is 11.4. The second kappa shape index (κ2) is 7.61. The number of nitrogens with one attached hydrogen (secondary N) is 1.